The van der Waals surface area contributed by atoms with Gasteiger partial charge in [-0.1, -0.05) is 24.3 Å². The summed E-state index contributed by atoms with van der Waals surface area (Å²) in [7, 11) is 0. The predicted molar refractivity (Wildman–Crippen MR) is 72.1 cm³/mol. The zero-order valence-electron chi connectivity index (χ0n) is 10.7. The summed E-state index contributed by atoms with van der Waals surface area (Å²) in [6.45, 7) is 6.66. The molecule has 0 unspecified atom stereocenters. The van der Waals surface area contributed by atoms with Gasteiger partial charge in [0.15, 0.2) is 5.78 Å². The monoisotopic (exact) mass is 240 g/mol. The minimum absolute atomic E-state index is 0.139. The maximum absolute atomic E-state index is 12.4. The molecule has 18 heavy (non-hydrogen) atoms. The number of hydrogen-bond acceptors (Lipinski definition) is 3. The minimum atomic E-state index is 0.139. The SMILES string of the molecule is CCN1CCN=C2C1=C(C)C(=O)c1ccccc12. The number of benzene rings is 1. The fourth-order valence-electron chi connectivity index (χ4n) is 2.76. The number of hydrogen-bond donors (Lipinski definition) is 0. The molecule has 0 bridgehead atoms. The van der Waals surface area contributed by atoms with Crippen molar-refractivity contribution in [2.24, 2.45) is 4.99 Å². The maximum Gasteiger partial charge on any atom is 0.191 e. The van der Waals surface area contributed by atoms with Gasteiger partial charge in [0.1, 0.15) is 0 Å². The molecule has 3 heteroatoms. The van der Waals surface area contributed by atoms with Crippen LogP contribution in [0, 0.1) is 0 Å². The normalized spacial score (nSPS) is 18.4. The van der Waals surface area contributed by atoms with Crippen LogP contribution in [0.4, 0.5) is 0 Å². The second-order valence-corrected chi connectivity index (χ2v) is 4.66. The Morgan fingerprint density at radius 1 is 1.28 bits per heavy atom. The maximum atomic E-state index is 12.4. The quantitative estimate of drug-likeness (QED) is 0.754. The summed E-state index contributed by atoms with van der Waals surface area (Å²) in [4.78, 5) is 19.3. The third kappa shape index (κ3) is 1.43. The lowest BCUT2D eigenvalue weighted by Crippen LogP contribution is -2.39. The van der Waals surface area contributed by atoms with Crippen LogP contribution < -0.4 is 0 Å². The topological polar surface area (TPSA) is 32.7 Å². The predicted octanol–water partition coefficient (Wildman–Crippen LogP) is 2.28. The third-order valence-corrected chi connectivity index (χ3v) is 3.68. The van der Waals surface area contributed by atoms with Crippen LogP contribution in [-0.4, -0.2) is 36.0 Å². The van der Waals surface area contributed by atoms with Gasteiger partial charge in [-0.2, -0.15) is 0 Å². The molecule has 92 valence electrons. The molecule has 0 N–H and O–H groups in total. The molecule has 3 nitrogen and oxygen atoms in total. The zero-order chi connectivity index (χ0) is 12.7. The van der Waals surface area contributed by atoms with E-state index in [1.807, 2.05) is 31.2 Å². The molecule has 3 rings (SSSR count). The Bertz CT molecular complexity index is 584. The molecule has 0 aromatic heterocycles. The van der Waals surface area contributed by atoms with Gasteiger partial charge in [0.25, 0.3) is 0 Å². The number of fused-ring (bicyclic) bond motifs is 3. The number of carbonyl (C=O) groups excluding carboxylic acids is 1. The molecule has 0 spiro atoms. The Hall–Kier alpha value is -1.90. The van der Waals surface area contributed by atoms with Gasteiger partial charge in [-0.3, -0.25) is 9.79 Å². The first kappa shape index (κ1) is 11.2. The van der Waals surface area contributed by atoms with Gasteiger partial charge in [0.05, 0.1) is 18.0 Å². The summed E-state index contributed by atoms with van der Waals surface area (Å²) in [6.07, 6.45) is 0. The zero-order valence-corrected chi connectivity index (χ0v) is 10.7. The highest BCUT2D eigenvalue weighted by molar-refractivity contribution is 6.28. The number of allylic oxidation sites excluding steroid dienone is 2. The minimum Gasteiger partial charge on any atom is -0.368 e. The lowest BCUT2D eigenvalue weighted by Gasteiger charge is -2.34. The van der Waals surface area contributed by atoms with E-state index in [0.717, 1.165) is 47.7 Å². The molecule has 1 aromatic rings. The van der Waals surface area contributed by atoms with Crippen LogP contribution >= 0.6 is 0 Å². The van der Waals surface area contributed by atoms with Gasteiger partial charge in [-0.25, -0.2) is 0 Å². The largest absolute Gasteiger partial charge is 0.368 e. The molecule has 0 radical (unpaired) electrons. The first-order chi connectivity index (χ1) is 8.74. The first-order valence-corrected chi connectivity index (χ1v) is 6.38. The van der Waals surface area contributed by atoms with Crippen molar-refractivity contribution in [3.05, 3.63) is 46.7 Å². The molecule has 1 aliphatic heterocycles. The van der Waals surface area contributed by atoms with Crippen molar-refractivity contribution >= 4 is 11.5 Å². The van der Waals surface area contributed by atoms with Gasteiger partial charge in [0.2, 0.25) is 0 Å². The molecule has 1 aromatic carbocycles. The van der Waals surface area contributed by atoms with Gasteiger partial charge in [-0.05, 0) is 13.8 Å². The molecular formula is C15H16N2O. The molecule has 1 aliphatic carbocycles. The smallest absolute Gasteiger partial charge is 0.191 e. The van der Waals surface area contributed by atoms with Crippen molar-refractivity contribution in [1.82, 2.24) is 4.90 Å². The Labute approximate surface area is 107 Å². The van der Waals surface area contributed by atoms with Crippen LogP contribution in [0.5, 0.6) is 0 Å². The second kappa shape index (κ2) is 4.09. The standard InChI is InChI=1S/C15H16N2O/c1-3-17-9-8-16-13-11-6-4-5-7-12(11)15(18)10(2)14(13)17/h4-7H,3,8-9H2,1-2H3. The van der Waals surface area contributed by atoms with E-state index in [2.05, 4.69) is 16.8 Å². The van der Waals surface area contributed by atoms with Crippen LogP contribution in [0.25, 0.3) is 0 Å². The van der Waals surface area contributed by atoms with E-state index < -0.39 is 0 Å². The number of likely N-dealkylation sites (N-methyl/N-ethyl adjacent to an activating group) is 1. The fraction of sp³-hybridized carbons (Fsp3) is 0.333. The van der Waals surface area contributed by atoms with Crippen LogP contribution in [0.2, 0.25) is 0 Å². The van der Waals surface area contributed by atoms with Gasteiger partial charge < -0.3 is 4.90 Å². The van der Waals surface area contributed by atoms with E-state index in [9.17, 15) is 4.79 Å². The number of aliphatic imine (C=N–C) groups is 1. The fourth-order valence-corrected chi connectivity index (χ4v) is 2.76. The van der Waals surface area contributed by atoms with Gasteiger partial charge >= 0.3 is 0 Å². The van der Waals surface area contributed by atoms with Crippen LogP contribution in [0.1, 0.15) is 29.8 Å². The van der Waals surface area contributed by atoms with E-state index in [1.165, 1.54) is 0 Å². The average molecular weight is 240 g/mol. The highest BCUT2D eigenvalue weighted by atomic mass is 16.1. The third-order valence-electron chi connectivity index (χ3n) is 3.68. The number of carbonyl (C=O) groups is 1. The van der Waals surface area contributed by atoms with E-state index in [0.29, 0.717) is 0 Å². The van der Waals surface area contributed by atoms with Crippen molar-refractivity contribution in [3.8, 4) is 0 Å². The second-order valence-electron chi connectivity index (χ2n) is 4.66. The Balaban J connectivity index is 2.26. The van der Waals surface area contributed by atoms with Crippen LogP contribution in [-0.2, 0) is 0 Å². The number of nitrogens with zero attached hydrogens (tertiary/aromatic N) is 2. The van der Waals surface area contributed by atoms with Crippen molar-refractivity contribution < 1.29 is 4.79 Å². The molecule has 0 amide bonds. The van der Waals surface area contributed by atoms with Crippen LogP contribution in [0.15, 0.2) is 40.5 Å². The Morgan fingerprint density at radius 3 is 2.72 bits per heavy atom. The highest BCUT2D eigenvalue weighted by Gasteiger charge is 2.32. The summed E-state index contributed by atoms with van der Waals surface area (Å²) in [5, 5.41) is 0. The van der Waals surface area contributed by atoms with E-state index in [4.69, 9.17) is 0 Å². The molecule has 0 saturated carbocycles. The molecule has 2 aliphatic rings. The summed E-state index contributed by atoms with van der Waals surface area (Å²) in [6, 6.07) is 7.77. The van der Waals surface area contributed by atoms with Gasteiger partial charge in [-0.15, -0.1) is 0 Å². The average Bonchev–Trinajstić information content (AvgIpc) is 2.44. The number of Topliss-reactive ketones (excluding diaryl/α,β-unsaturated/α-hetero) is 1. The summed E-state index contributed by atoms with van der Waals surface area (Å²) in [5.74, 6) is 0.139. The van der Waals surface area contributed by atoms with Gasteiger partial charge in [0, 0.05) is 29.8 Å². The van der Waals surface area contributed by atoms with E-state index >= 15 is 0 Å². The van der Waals surface area contributed by atoms with Crippen molar-refractivity contribution in [2.45, 2.75) is 13.8 Å². The molecule has 0 atom stereocenters. The molecular weight excluding hydrogens is 224 g/mol. The van der Waals surface area contributed by atoms with Crippen molar-refractivity contribution in [1.29, 1.82) is 0 Å². The first-order valence-electron chi connectivity index (χ1n) is 6.38. The van der Waals surface area contributed by atoms with Crippen molar-refractivity contribution in [2.75, 3.05) is 19.6 Å². The summed E-state index contributed by atoms with van der Waals surface area (Å²) in [5.41, 5.74) is 4.63. The Kier molecular flexibility index (Phi) is 2.54. The highest BCUT2D eigenvalue weighted by Crippen LogP contribution is 2.30. The summed E-state index contributed by atoms with van der Waals surface area (Å²) < 4.78 is 0. The van der Waals surface area contributed by atoms with Crippen molar-refractivity contribution in [3.63, 3.8) is 0 Å². The van der Waals surface area contributed by atoms with E-state index in [-0.39, 0.29) is 5.78 Å². The molecule has 0 saturated heterocycles. The number of ketones is 1. The molecule has 1 heterocycles. The molecule has 0 fully saturated rings. The van der Waals surface area contributed by atoms with Crippen LogP contribution in [0.3, 0.4) is 0 Å². The lowest BCUT2D eigenvalue weighted by molar-refractivity contribution is 0.102. The summed E-state index contributed by atoms with van der Waals surface area (Å²) >= 11 is 0. The number of rotatable bonds is 1. The van der Waals surface area contributed by atoms with E-state index in [1.54, 1.807) is 0 Å². The lowest BCUT2D eigenvalue weighted by atomic mass is 9.86. The Morgan fingerprint density at radius 2 is 2.00 bits per heavy atom.